The Hall–Kier alpha value is -2.20. The molecule has 0 aromatic heterocycles. The summed E-state index contributed by atoms with van der Waals surface area (Å²) in [4.78, 5) is 33.1. The van der Waals surface area contributed by atoms with Crippen LogP contribution in [0.15, 0.2) is 41.3 Å². The molecule has 2 saturated heterocycles. The molecule has 8 nitrogen and oxygen atoms in total. The summed E-state index contributed by atoms with van der Waals surface area (Å²) in [5, 5.41) is 2.17. The van der Waals surface area contributed by atoms with Crippen LogP contribution >= 0.6 is 11.6 Å². The van der Waals surface area contributed by atoms with E-state index in [0.717, 1.165) is 54.0 Å². The van der Waals surface area contributed by atoms with E-state index in [2.05, 4.69) is 18.7 Å². The largest absolute Gasteiger partial charge is 0.337 e. The zero-order valence-electron chi connectivity index (χ0n) is 22.8. The summed E-state index contributed by atoms with van der Waals surface area (Å²) in [5.41, 5.74) is 0. The van der Waals surface area contributed by atoms with Crippen LogP contribution in [0.1, 0.15) is 46.5 Å². The number of halogens is 1. The van der Waals surface area contributed by atoms with Crippen molar-refractivity contribution < 1.29 is 18.0 Å². The Kier molecular flexibility index (Phi) is 9.02. The first-order valence-corrected chi connectivity index (χ1v) is 15.4. The van der Waals surface area contributed by atoms with Gasteiger partial charge in [-0.1, -0.05) is 37.6 Å². The van der Waals surface area contributed by atoms with Crippen LogP contribution in [0.3, 0.4) is 0 Å². The molecule has 2 fully saturated rings. The van der Waals surface area contributed by atoms with Gasteiger partial charge in [-0.05, 0) is 80.7 Å². The van der Waals surface area contributed by atoms with Gasteiger partial charge < -0.3 is 14.7 Å². The van der Waals surface area contributed by atoms with E-state index in [1.54, 1.807) is 48.2 Å². The van der Waals surface area contributed by atoms with Crippen molar-refractivity contribution in [2.45, 2.75) is 69.5 Å². The van der Waals surface area contributed by atoms with Gasteiger partial charge in [0, 0.05) is 37.7 Å². The number of hydrogen-bond donors (Lipinski definition) is 0. The van der Waals surface area contributed by atoms with Crippen molar-refractivity contribution >= 4 is 44.2 Å². The Morgan fingerprint density at radius 3 is 2.45 bits per heavy atom. The topological polar surface area (TPSA) is 81.2 Å². The summed E-state index contributed by atoms with van der Waals surface area (Å²) >= 11 is 6.06. The molecule has 0 aliphatic carbocycles. The second-order valence-corrected chi connectivity index (χ2v) is 12.8. The van der Waals surface area contributed by atoms with Crippen LogP contribution in [-0.2, 0) is 19.6 Å². The molecule has 208 valence electrons. The van der Waals surface area contributed by atoms with Crippen LogP contribution < -0.4 is 0 Å². The van der Waals surface area contributed by atoms with E-state index in [9.17, 15) is 18.0 Å². The molecule has 3 atom stereocenters. The van der Waals surface area contributed by atoms with Gasteiger partial charge in [-0.15, -0.1) is 0 Å². The minimum Gasteiger partial charge on any atom is -0.337 e. The van der Waals surface area contributed by atoms with Crippen LogP contribution in [-0.4, -0.2) is 97.1 Å². The maximum atomic E-state index is 13.6. The molecule has 2 aromatic rings. The number of rotatable bonds is 9. The van der Waals surface area contributed by atoms with Gasteiger partial charge in [0.2, 0.25) is 21.8 Å². The van der Waals surface area contributed by atoms with Gasteiger partial charge in [0.05, 0.1) is 4.90 Å². The lowest BCUT2D eigenvalue weighted by Gasteiger charge is -2.41. The van der Waals surface area contributed by atoms with Crippen molar-refractivity contribution in [3.8, 4) is 0 Å². The summed E-state index contributed by atoms with van der Waals surface area (Å²) in [6, 6.07) is 8.80. The van der Waals surface area contributed by atoms with E-state index in [1.165, 1.54) is 7.05 Å². The molecule has 2 amide bonds. The predicted octanol–water partition coefficient (Wildman–Crippen LogP) is 3.83. The summed E-state index contributed by atoms with van der Waals surface area (Å²) < 4.78 is 28.1. The molecule has 0 bridgehead atoms. The van der Waals surface area contributed by atoms with Crippen molar-refractivity contribution in [1.29, 1.82) is 0 Å². The number of likely N-dealkylation sites (N-methyl/N-ethyl adjacent to an activating group) is 2. The van der Waals surface area contributed by atoms with Gasteiger partial charge >= 0.3 is 0 Å². The van der Waals surface area contributed by atoms with Crippen LogP contribution in [0.5, 0.6) is 0 Å². The van der Waals surface area contributed by atoms with Gasteiger partial charge in [-0.2, -0.15) is 4.31 Å². The Morgan fingerprint density at radius 2 is 1.74 bits per heavy atom. The van der Waals surface area contributed by atoms with E-state index in [4.69, 9.17) is 11.6 Å². The van der Waals surface area contributed by atoms with Crippen LogP contribution in [0, 0.1) is 0 Å². The smallest absolute Gasteiger partial charge is 0.245 e. The van der Waals surface area contributed by atoms with Gasteiger partial charge in [-0.3, -0.25) is 9.59 Å². The monoisotopic (exact) mass is 562 g/mol. The Morgan fingerprint density at radius 1 is 1.05 bits per heavy atom. The molecule has 2 aromatic carbocycles. The highest BCUT2D eigenvalue weighted by molar-refractivity contribution is 7.89. The number of amides is 2. The van der Waals surface area contributed by atoms with Gasteiger partial charge in [0.15, 0.2) is 0 Å². The number of carbonyl (C=O) groups excluding carboxylic acids is 2. The number of hydrogen-bond acceptors (Lipinski definition) is 5. The lowest BCUT2D eigenvalue weighted by atomic mass is 10.00. The number of nitrogens with zero attached hydrogens (tertiary/aromatic N) is 4. The fraction of sp³-hybridized carbons (Fsp3) is 0.571. The molecule has 0 radical (unpaired) electrons. The fourth-order valence-corrected chi connectivity index (χ4v) is 7.29. The zero-order valence-corrected chi connectivity index (χ0v) is 24.3. The second-order valence-electron chi connectivity index (χ2n) is 10.4. The maximum Gasteiger partial charge on any atom is 0.245 e. The van der Waals surface area contributed by atoms with E-state index in [-0.39, 0.29) is 22.8 Å². The van der Waals surface area contributed by atoms with Crippen LogP contribution in [0.2, 0.25) is 5.02 Å². The number of benzene rings is 2. The third-order valence-electron chi connectivity index (χ3n) is 8.20. The number of piperidine rings is 1. The first kappa shape index (κ1) is 28.8. The molecular formula is C28H39ClN4O4S. The molecule has 2 heterocycles. The van der Waals surface area contributed by atoms with E-state index in [1.807, 2.05) is 4.90 Å². The zero-order chi connectivity index (χ0) is 27.6. The Balaban J connectivity index is 1.48. The lowest BCUT2D eigenvalue weighted by molar-refractivity contribution is -0.146. The average Bonchev–Trinajstić information content (AvgIpc) is 3.30. The first-order valence-electron chi connectivity index (χ1n) is 13.6. The van der Waals surface area contributed by atoms with Crippen LogP contribution in [0.25, 0.3) is 10.8 Å². The molecule has 0 N–H and O–H groups in total. The van der Waals surface area contributed by atoms with E-state index < -0.39 is 22.1 Å². The highest BCUT2D eigenvalue weighted by Crippen LogP contribution is 2.29. The summed E-state index contributed by atoms with van der Waals surface area (Å²) in [6.07, 6.45) is 3.37. The standard InChI is InChI=1S/C28H39ClN4O4S/c1-5-31(6-2)19-24-9-7-8-15-33(24)27(34)20(3)32-16-14-26(28(32)35)30(4)38(36,37)25-13-11-21-17-23(29)12-10-22(21)18-25/h10-13,17-18,20,24,26H,5-9,14-16,19H2,1-4H3/t20-,24?,26-/m1/s1. The lowest BCUT2D eigenvalue weighted by Crippen LogP contribution is -2.56. The highest BCUT2D eigenvalue weighted by atomic mass is 35.5. The van der Waals surface area contributed by atoms with Gasteiger partial charge in [-0.25, -0.2) is 8.42 Å². The van der Waals surface area contributed by atoms with Crippen LogP contribution in [0.4, 0.5) is 0 Å². The minimum atomic E-state index is -3.92. The molecule has 0 saturated carbocycles. The SMILES string of the molecule is CCN(CC)CC1CCCCN1C(=O)[C@@H](C)N1CC[C@@H](N(C)S(=O)(=O)c2ccc3cc(Cl)ccc3c2)C1=O. The van der Waals surface area contributed by atoms with E-state index in [0.29, 0.717) is 24.5 Å². The van der Waals surface area contributed by atoms with Crippen molar-refractivity contribution in [1.82, 2.24) is 19.0 Å². The number of likely N-dealkylation sites (tertiary alicyclic amines) is 2. The molecular weight excluding hydrogens is 524 g/mol. The van der Waals surface area contributed by atoms with Crippen molar-refractivity contribution in [2.75, 3.05) is 39.8 Å². The van der Waals surface area contributed by atoms with E-state index >= 15 is 0 Å². The summed E-state index contributed by atoms with van der Waals surface area (Å²) in [7, 11) is -2.47. The third-order valence-corrected chi connectivity index (χ3v) is 10.3. The highest BCUT2D eigenvalue weighted by Gasteiger charge is 2.44. The molecule has 38 heavy (non-hydrogen) atoms. The molecule has 2 aliphatic heterocycles. The normalized spacial score (nSPS) is 21.6. The minimum absolute atomic E-state index is 0.0467. The predicted molar refractivity (Wildman–Crippen MR) is 151 cm³/mol. The Labute approximate surface area is 231 Å². The molecule has 2 aliphatic rings. The second kappa shape index (κ2) is 11.9. The molecule has 10 heteroatoms. The fourth-order valence-electron chi connectivity index (χ4n) is 5.73. The number of carbonyl (C=O) groups is 2. The summed E-state index contributed by atoms with van der Waals surface area (Å²) in [5.74, 6) is -0.364. The van der Waals surface area contributed by atoms with Crippen molar-refractivity contribution in [3.63, 3.8) is 0 Å². The average molecular weight is 563 g/mol. The molecule has 4 rings (SSSR count). The number of fused-ring (bicyclic) bond motifs is 1. The quantitative estimate of drug-likeness (QED) is 0.464. The first-order chi connectivity index (χ1) is 18.1. The molecule has 0 spiro atoms. The van der Waals surface area contributed by atoms with Gasteiger partial charge in [0.25, 0.3) is 0 Å². The van der Waals surface area contributed by atoms with Crippen molar-refractivity contribution in [3.05, 3.63) is 41.4 Å². The maximum absolute atomic E-state index is 13.6. The summed E-state index contributed by atoms with van der Waals surface area (Å²) in [6.45, 7) is 9.77. The number of sulfonamides is 1. The Bertz CT molecular complexity index is 1280. The van der Waals surface area contributed by atoms with Crippen molar-refractivity contribution in [2.24, 2.45) is 0 Å². The molecule has 1 unspecified atom stereocenters. The van der Waals surface area contributed by atoms with Gasteiger partial charge in [0.1, 0.15) is 12.1 Å². The third kappa shape index (κ3) is 5.71.